The number of hydrogen-bond donors (Lipinski definition) is 1. The van der Waals surface area contributed by atoms with Crippen molar-refractivity contribution in [3.63, 3.8) is 0 Å². The summed E-state index contributed by atoms with van der Waals surface area (Å²) < 4.78 is 5.63. The molecule has 0 aliphatic heterocycles. The first-order valence-electron chi connectivity index (χ1n) is 6.96. The van der Waals surface area contributed by atoms with Gasteiger partial charge >= 0.3 is 11.9 Å². The summed E-state index contributed by atoms with van der Waals surface area (Å²) in [5.41, 5.74) is 0.170. The van der Waals surface area contributed by atoms with Crippen molar-refractivity contribution in [1.82, 2.24) is 0 Å². The monoisotopic (exact) mass is 276 g/mol. The van der Waals surface area contributed by atoms with Gasteiger partial charge in [0.1, 0.15) is 5.60 Å². The molecule has 0 spiro atoms. The van der Waals surface area contributed by atoms with Gasteiger partial charge in [-0.3, -0.25) is 0 Å². The molecule has 0 heterocycles. The van der Waals surface area contributed by atoms with E-state index < -0.39 is 11.6 Å². The fraction of sp³-hybridized carbons (Fsp3) is 0.500. The van der Waals surface area contributed by atoms with Crippen molar-refractivity contribution in [2.75, 3.05) is 0 Å². The maximum atomic E-state index is 12.1. The molecule has 1 aliphatic carbocycles. The number of esters is 1. The Morgan fingerprint density at radius 3 is 2.15 bits per heavy atom. The molecule has 1 N–H and O–H groups in total. The zero-order valence-corrected chi connectivity index (χ0v) is 11.9. The van der Waals surface area contributed by atoms with Crippen LogP contribution in [0.15, 0.2) is 24.3 Å². The summed E-state index contributed by atoms with van der Waals surface area (Å²) in [5, 5.41) is 8.83. The minimum atomic E-state index is -1.00. The Morgan fingerprint density at radius 2 is 1.65 bits per heavy atom. The lowest BCUT2D eigenvalue weighted by Gasteiger charge is -2.35. The van der Waals surface area contributed by atoms with Crippen LogP contribution in [0, 0.1) is 5.92 Å². The van der Waals surface area contributed by atoms with E-state index in [0.29, 0.717) is 11.5 Å². The molecule has 4 heteroatoms. The third-order valence-corrected chi connectivity index (χ3v) is 4.04. The lowest BCUT2D eigenvalue weighted by Crippen LogP contribution is -2.35. The molecule has 0 saturated heterocycles. The molecular formula is C16H20O4. The molecule has 1 aliphatic rings. The van der Waals surface area contributed by atoms with E-state index in [9.17, 15) is 9.59 Å². The first-order valence-corrected chi connectivity index (χ1v) is 6.96. The highest BCUT2D eigenvalue weighted by atomic mass is 16.6. The molecule has 0 bridgehead atoms. The molecule has 0 radical (unpaired) electrons. The first-order chi connectivity index (χ1) is 9.39. The molecule has 0 unspecified atom stereocenters. The van der Waals surface area contributed by atoms with Gasteiger partial charge in [0, 0.05) is 0 Å². The average molecular weight is 276 g/mol. The van der Waals surface area contributed by atoms with Gasteiger partial charge in [-0.2, -0.15) is 0 Å². The van der Waals surface area contributed by atoms with E-state index in [1.54, 1.807) is 0 Å². The predicted molar refractivity (Wildman–Crippen MR) is 74.9 cm³/mol. The Hall–Kier alpha value is -1.84. The van der Waals surface area contributed by atoms with Crippen molar-refractivity contribution in [1.29, 1.82) is 0 Å². The molecule has 1 fully saturated rings. The normalized spacial score (nSPS) is 26.0. The van der Waals surface area contributed by atoms with Gasteiger partial charge in [-0.05, 0) is 62.8 Å². The molecule has 2 rings (SSSR count). The summed E-state index contributed by atoms with van der Waals surface area (Å²) >= 11 is 0. The van der Waals surface area contributed by atoms with Gasteiger partial charge in [-0.1, -0.05) is 6.92 Å². The topological polar surface area (TPSA) is 63.6 Å². The van der Waals surface area contributed by atoms with Crippen LogP contribution in [-0.4, -0.2) is 22.6 Å². The Bertz CT molecular complexity index is 496. The second-order valence-corrected chi connectivity index (χ2v) is 5.90. The van der Waals surface area contributed by atoms with Gasteiger partial charge in [0.15, 0.2) is 0 Å². The van der Waals surface area contributed by atoms with Crippen molar-refractivity contribution in [3.05, 3.63) is 35.4 Å². The van der Waals surface area contributed by atoms with Crippen LogP contribution in [0.5, 0.6) is 0 Å². The van der Waals surface area contributed by atoms with Crippen molar-refractivity contribution in [2.24, 2.45) is 5.92 Å². The van der Waals surface area contributed by atoms with E-state index in [1.807, 2.05) is 6.92 Å². The molecule has 0 aromatic heterocycles. The van der Waals surface area contributed by atoms with E-state index in [1.165, 1.54) is 24.3 Å². The predicted octanol–water partition coefficient (Wildman–Crippen LogP) is 3.51. The number of benzene rings is 1. The minimum absolute atomic E-state index is 0.166. The number of carbonyl (C=O) groups is 2. The van der Waals surface area contributed by atoms with E-state index in [4.69, 9.17) is 9.84 Å². The smallest absolute Gasteiger partial charge is 0.338 e. The highest BCUT2D eigenvalue weighted by molar-refractivity contribution is 5.92. The number of carbonyl (C=O) groups excluding carboxylic acids is 1. The molecule has 1 aromatic rings. The number of carboxylic acid groups (broad SMARTS) is 1. The van der Waals surface area contributed by atoms with Crippen LogP contribution in [-0.2, 0) is 4.74 Å². The van der Waals surface area contributed by atoms with Gasteiger partial charge in [0.05, 0.1) is 11.1 Å². The zero-order chi connectivity index (χ0) is 14.8. The van der Waals surface area contributed by atoms with Gasteiger partial charge in [0.2, 0.25) is 0 Å². The number of rotatable bonds is 3. The van der Waals surface area contributed by atoms with Crippen molar-refractivity contribution >= 4 is 11.9 Å². The third-order valence-electron chi connectivity index (χ3n) is 4.04. The van der Waals surface area contributed by atoms with E-state index in [0.717, 1.165) is 25.7 Å². The molecule has 0 amide bonds. The van der Waals surface area contributed by atoms with Crippen LogP contribution < -0.4 is 0 Å². The second kappa shape index (κ2) is 5.65. The summed E-state index contributed by atoms with van der Waals surface area (Å²) in [5.74, 6) is -0.686. The molecule has 20 heavy (non-hydrogen) atoms. The summed E-state index contributed by atoms with van der Waals surface area (Å²) in [4.78, 5) is 22.9. The number of ether oxygens (including phenoxy) is 1. The van der Waals surface area contributed by atoms with E-state index >= 15 is 0 Å². The SMILES string of the molecule is CC1CCC(C)(OC(=O)c2ccc(C(=O)O)cc2)CC1. The Labute approximate surface area is 118 Å². The largest absolute Gasteiger partial charge is 0.478 e. The maximum absolute atomic E-state index is 12.1. The van der Waals surface area contributed by atoms with E-state index in [-0.39, 0.29) is 11.5 Å². The standard InChI is InChI=1S/C16H20O4/c1-11-7-9-16(2,10-8-11)20-15(19)13-5-3-12(4-6-13)14(17)18/h3-6,11H,7-10H2,1-2H3,(H,17,18). The summed E-state index contributed by atoms with van der Waals surface area (Å²) in [6, 6.07) is 5.84. The van der Waals surface area contributed by atoms with Crippen LogP contribution in [0.1, 0.15) is 60.2 Å². The van der Waals surface area contributed by atoms with Crippen molar-refractivity contribution < 1.29 is 19.4 Å². The van der Waals surface area contributed by atoms with Gasteiger partial charge in [-0.25, -0.2) is 9.59 Å². The number of aromatic carboxylic acids is 1. The van der Waals surface area contributed by atoms with E-state index in [2.05, 4.69) is 6.92 Å². The molecule has 4 nitrogen and oxygen atoms in total. The lowest BCUT2D eigenvalue weighted by molar-refractivity contribution is -0.0329. The second-order valence-electron chi connectivity index (χ2n) is 5.90. The molecular weight excluding hydrogens is 256 g/mol. The quantitative estimate of drug-likeness (QED) is 0.858. The van der Waals surface area contributed by atoms with Crippen molar-refractivity contribution in [2.45, 2.75) is 45.1 Å². The fourth-order valence-electron chi connectivity index (χ4n) is 2.51. The van der Waals surface area contributed by atoms with Crippen LogP contribution in [0.4, 0.5) is 0 Å². The van der Waals surface area contributed by atoms with Gasteiger partial charge < -0.3 is 9.84 Å². The number of carboxylic acids is 1. The summed E-state index contributed by atoms with van der Waals surface area (Å²) in [7, 11) is 0. The highest BCUT2D eigenvalue weighted by Gasteiger charge is 2.33. The fourth-order valence-corrected chi connectivity index (χ4v) is 2.51. The highest BCUT2D eigenvalue weighted by Crippen LogP contribution is 2.34. The first kappa shape index (κ1) is 14.6. The third kappa shape index (κ3) is 3.38. The Kier molecular flexibility index (Phi) is 4.12. The summed E-state index contributed by atoms with van der Waals surface area (Å²) in [6.45, 7) is 4.19. The number of hydrogen-bond acceptors (Lipinski definition) is 3. The molecule has 108 valence electrons. The van der Waals surface area contributed by atoms with Crippen LogP contribution in [0.3, 0.4) is 0 Å². The Morgan fingerprint density at radius 1 is 1.15 bits per heavy atom. The van der Waals surface area contributed by atoms with Crippen LogP contribution >= 0.6 is 0 Å². The van der Waals surface area contributed by atoms with Crippen molar-refractivity contribution in [3.8, 4) is 0 Å². The zero-order valence-electron chi connectivity index (χ0n) is 11.9. The molecule has 1 saturated carbocycles. The molecule has 1 aromatic carbocycles. The Balaban J connectivity index is 2.02. The minimum Gasteiger partial charge on any atom is -0.478 e. The van der Waals surface area contributed by atoms with Gasteiger partial charge in [-0.15, -0.1) is 0 Å². The average Bonchev–Trinajstić information content (AvgIpc) is 2.42. The van der Waals surface area contributed by atoms with Gasteiger partial charge in [0.25, 0.3) is 0 Å². The van der Waals surface area contributed by atoms with Crippen LogP contribution in [0.2, 0.25) is 0 Å². The van der Waals surface area contributed by atoms with Crippen LogP contribution in [0.25, 0.3) is 0 Å². The molecule has 0 atom stereocenters. The maximum Gasteiger partial charge on any atom is 0.338 e. The summed E-state index contributed by atoms with van der Waals surface area (Å²) in [6.07, 6.45) is 3.91. The lowest BCUT2D eigenvalue weighted by atomic mass is 9.80.